The van der Waals surface area contributed by atoms with Crippen molar-refractivity contribution in [3.8, 4) is 5.69 Å². The van der Waals surface area contributed by atoms with Crippen LogP contribution >= 0.6 is 0 Å². The van der Waals surface area contributed by atoms with Crippen molar-refractivity contribution in [2.24, 2.45) is 7.05 Å². The number of nitrogens with one attached hydrogen (secondary N) is 1. The van der Waals surface area contributed by atoms with Gasteiger partial charge in [0.25, 0.3) is 5.91 Å². The summed E-state index contributed by atoms with van der Waals surface area (Å²) in [6.45, 7) is 3.39. The number of hydrogen-bond acceptors (Lipinski definition) is 4. The Morgan fingerprint density at radius 1 is 1.27 bits per heavy atom. The summed E-state index contributed by atoms with van der Waals surface area (Å²) in [7, 11) is 1.57. The molecule has 8 nitrogen and oxygen atoms in total. The molecule has 3 rings (SSSR count). The van der Waals surface area contributed by atoms with Crippen LogP contribution < -0.4 is 5.32 Å². The predicted octanol–water partition coefficient (Wildman–Crippen LogP) is 2.92. The average Bonchev–Trinajstić information content (AvgIpc) is 3.24. The normalized spacial score (nSPS) is 12.0. The number of amides is 1. The second-order valence-electron chi connectivity index (χ2n) is 6.04. The Labute approximate surface area is 150 Å². The molecule has 8 heteroatoms. The summed E-state index contributed by atoms with van der Waals surface area (Å²) in [5.41, 5.74) is 1.75. The molecule has 0 aliphatic carbocycles. The number of aryl methyl sites for hydroxylation is 1. The van der Waals surface area contributed by atoms with Gasteiger partial charge < -0.3 is 9.88 Å². The van der Waals surface area contributed by atoms with E-state index in [9.17, 15) is 14.9 Å². The van der Waals surface area contributed by atoms with Gasteiger partial charge in [0, 0.05) is 25.1 Å². The zero-order valence-corrected chi connectivity index (χ0v) is 14.7. The molecular weight excluding hydrogens is 334 g/mol. The van der Waals surface area contributed by atoms with E-state index in [2.05, 4.69) is 10.4 Å². The minimum atomic E-state index is -0.575. The molecule has 0 fully saturated rings. The molecule has 0 bridgehead atoms. The van der Waals surface area contributed by atoms with Crippen molar-refractivity contribution in [2.45, 2.75) is 19.9 Å². The molecule has 1 aromatic carbocycles. The topological polar surface area (TPSA) is 95.0 Å². The largest absolute Gasteiger partial charge is 0.344 e. The predicted molar refractivity (Wildman–Crippen MR) is 96.2 cm³/mol. The van der Waals surface area contributed by atoms with E-state index in [1.807, 2.05) is 60.3 Å². The van der Waals surface area contributed by atoms with E-state index < -0.39 is 10.8 Å². The third-order valence-electron chi connectivity index (χ3n) is 4.32. The third-order valence-corrected chi connectivity index (χ3v) is 4.32. The first-order chi connectivity index (χ1) is 12.4. The van der Waals surface area contributed by atoms with Crippen LogP contribution in [-0.4, -0.2) is 25.2 Å². The number of nitrogens with zero attached hydrogens (tertiary/aromatic N) is 4. The van der Waals surface area contributed by atoms with Crippen LogP contribution in [0.2, 0.25) is 0 Å². The fraction of sp³-hybridized carbons (Fsp3) is 0.222. The van der Waals surface area contributed by atoms with Gasteiger partial charge in [-0.3, -0.25) is 19.6 Å². The molecule has 1 amide bonds. The Bertz CT molecular complexity index is 959. The van der Waals surface area contributed by atoms with Gasteiger partial charge in [0.2, 0.25) is 5.69 Å². The van der Waals surface area contributed by atoms with Gasteiger partial charge in [0.1, 0.15) is 5.69 Å². The summed E-state index contributed by atoms with van der Waals surface area (Å²) in [6, 6.07) is 11.3. The Balaban J connectivity index is 1.84. The molecule has 2 aromatic heterocycles. The molecule has 2 heterocycles. The summed E-state index contributed by atoms with van der Waals surface area (Å²) in [6.07, 6.45) is 3.87. The van der Waals surface area contributed by atoms with Crippen LogP contribution in [0.1, 0.15) is 34.7 Å². The number of rotatable bonds is 5. The second kappa shape index (κ2) is 6.83. The molecule has 134 valence electrons. The molecule has 26 heavy (non-hydrogen) atoms. The van der Waals surface area contributed by atoms with Gasteiger partial charge in [-0.2, -0.15) is 5.10 Å². The van der Waals surface area contributed by atoms with Crippen LogP contribution in [-0.2, 0) is 7.05 Å². The highest BCUT2D eigenvalue weighted by Crippen LogP contribution is 2.23. The summed E-state index contributed by atoms with van der Waals surface area (Å²) >= 11 is 0. The summed E-state index contributed by atoms with van der Waals surface area (Å²) in [5, 5.41) is 18.0. The molecule has 0 radical (unpaired) electrons. The Hall–Kier alpha value is -3.42. The fourth-order valence-corrected chi connectivity index (χ4v) is 2.78. The maximum atomic E-state index is 12.5. The SMILES string of the molecule is Cc1c([N+](=O)[O-])c(C(=O)NC(C)c2cccc(-n3cccc3)c2)nn1C. The lowest BCUT2D eigenvalue weighted by molar-refractivity contribution is -0.385. The molecule has 1 N–H and O–H groups in total. The Morgan fingerprint density at radius 2 is 1.96 bits per heavy atom. The molecule has 0 aliphatic rings. The van der Waals surface area contributed by atoms with Crippen molar-refractivity contribution in [1.29, 1.82) is 0 Å². The van der Waals surface area contributed by atoms with Crippen molar-refractivity contribution in [3.63, 3.8) is 0 Å². The van der Waals surface area contributed by atoms with Crippen molar-refractivity contribution >= 4 is 11.6 Å². The van der Waals surface area contributed by atoms with Crippen molar-refractivity contribution in [3.05, 3.63) is 75.9 Å². The Morgan fingerprint density at radius 3 is 2.62 bits per heavy atom. The average molecular weight is 353 g/mol. The minimum Gasteiger partial charge on any atom is -0.344 e. The van der Waals surface area contributed by atoms with E-state index in [1.165, 1.54) is 4.68 Å². The van der Waals surface area contributed by atoms with Crippen LogP contribution in [0.5, 0.6) is 0 Å². The van der Waals surface area contributed by atoms with Gasteiger partial charge in [0.05, 0.1) is 11.0 Å². The van der Waals surface area contributed by atoms with E-state index in [0.29, 0.717) is 5.69 Å². The number of nitro groups is 1. The smallest absolute Gasteiger partial charge is 0.322 e. The van der Waals surface area contributed by atoms with Gasteiger partial charge in [-0.05, 0) is 43.7 Å². The van der Waals surface area contributed by atoms with Crippen LogP contribution in [0.4, 0.5) is 5.69 Å². The first-order valence-electron chi connectivity index (χ1n) is 8.10. The van der Waals surface area contributed by atoms with Gasteiger partial charge in [-0.15, -0.1) is 0 Å². The van der Waals surface area contributed by atoms with Gasteiger partial charge >= 0.3 is 5.69 Å². The molecule has 1 atom stereocenters. The molecular formula is C18H19N5O3. The first-order valence-corrected chi connectivity index (χ1v) is 8.10. The van der Waals surface area contributed by atoms with Crippen LogP contribution in [0.25, 0.3) is 5.69 Å². The Kier molecular flexibility index (Phi) is 4.57. The number of benzene rings is 1. The van der Waals surface area contributed by atoms with Crippen LogP contribution in [0.3, 0.4) is 0 Å². The maximum absolute atomic E-state index is 12.5. The lowest BCUT2D eigenvalue weighted by Gasteiger charge is -2.15. The van der Waals surface area contributed by atoms with E-state index >= 15 is 0 Å². The monoisotopic (exact) mass is 353 g/mol. The fourth-order valence-electron chi connectivity index (χ4n) is 2.78. The van der Waals surface area contributed by atoms with Gasteiger partial charge in [-0.1, -0.05) is 12.1 Å². The molecule has 0 saturated heterocycles. The van der Waals surface area contributed by atoms with E-state index in [-0.39, 0.29) is 17.4 Å². The number of aromatic nitrogens is 3. The van der Waals surface area contributed by atoms with Crippen molar-refractivity contribution in [1.82, 2.24) is 19.7 Å². The second-order valence-corrected chi connectivity index (χ2v) is 6.04. The molecule has 1 unspecified atom stereocenters. The van der Waals surface area contributed by atoms with Gasteiger partial charge in [-0.25, -0.2) is 0 Å². The first kappa shape index (κ1) is 17.4. The van der Waals surface area contributed by atoms with Gasteiger partial charge in [0.15, 0.2) is 0 Å². The van der Waals surface area contributed by atoms with E-state index in [0.717, 1.165) is 11.3 Å². The maximum Gasteiger partial charge on any atom is 0.322 e. The van der Waals surface area contributed by atoms with Crippen LogP contribution in [0.15, 0.2) is 48.8 Å². The number of hydrogen-bond donors (Lipinski definition) is 1. The lowest BCUT2D eigenvalue weighted by Crippen LogP contribution is -2.27. The van der Waals surface area contributed by atoms with E-state index in [1.54, 1.807) is 14.0 Å². The van der Waals surface area contributed by atoms with Crippen molar-refractivity contribution in [2.75, 3.05) is 0 Å². The van der Waals surface area contributed by atoms with Crippen LogP contribution in [0, 0.1) is 17.0 Å². The summed E-state index contributed by atoms with van der Waals surface area (Å²) in [5.74, 6) is -0.570. The third kappa shape index (κ3) is 3.21. The number of carbonyl (C=O) groups is 1. The zero-order chi connectivity index (χ0) is 18.8. The summed E-state index contributed by atoms with van der Waals surface area (Å²) in [4.78, 5) is 23.2. The highest BCUT2D eigenvalue weighted by molar-refractivity contribution is 5.96. The quantitative estimate of drug-likeness (QED) is 0.563. The molecule has 0 saturated carbocycles. The van der Waals surface area contributed by atoms with Crippen molar-refractivity contribution < 1.29 is 9.72 Å². The highest BCUT2D eigenvalue weighted by Gasteiger charge is 2.29. The minimum absolute atomic E-state index is 0.177. The lowest BCUT2D eigenvalue weighted by atomic mass is 10.1. The summed E-state index contributed by atoms with van der Waals surface area (Å²) < 4.78 is 3.30. The van der Waals surface area contributed by atoms with E-state index in [4.69, 9.17) is 0 Å². The molecule has 0 spiro atoms. The molecule has 0 aliphatic heterocycles. The standard InChI is InChI=1S/C18H19N5O3/c1-12(14-7-6-8-15(11-14)22-9-4-5-10-22)19-18(24)16-17(23(25)26)13(2)21(3)20-16/h4-12H,1-3H3,(H,19,24). The molecule has 3 aromatic rings. The number of carbonyl (C=O) groups excluding carboxylic acids is 1. The zero-order valence-electron chi connectivity index (χ0n) is 14.7. The highest BCUT2D eigenvalue weighted by atomic mass is 16.6.